The summed E-state index contributed by atoms with van der Waals surface area (Å²) < 4.78 is 0. The molecule has 1 heterocycles. The van der Waals surface area contributed by atoms with Gasteiger partial charge in [-0.2, -0.15) is 0 Å². The molecule has 2 aromatic carbocycles. The van der Waals surface area contributed by atoms with E-state index in [4.69, 9.17) is 23.2 Å². The van der Waals surface area contributed by atoms with E-state index < -0.39 is 5.91 Å². The molecule has 0 saturated carbocycles. The number of anilines is 3. The van der Waals surface area contributed by atoms with Gasteiger partial charge in [0.15, 0.2) is 0 Å². The fraction of sp³-hybridized carbons (Fsp3) is 0.105. The van der Waals surface area contributed by atoms with Gasteiger partial charge in [0.05, 0.1) is 15.7 Å². The summed E-state index contributed by atoms with van der Waals surface area (Å²) in [5.74, 6) is 0.0318. The second-order valence-corrected chi connectivity index (χ2v) is 6.19. The molecule has 5 nitrogen and oxygen atoms in total. The van der Waals surface area contributed by atoms with Crippen LogP contribution in [0.2, 0.25) is 10.0 Å². The molecule has 1 N–H and O–H groups in total. The fourth-order valence-electron chi connectivity index (χ4n) is 2.45. The molecule has 0 fully saturated rings. The van der Waals surface area contributed by atoms with E-state index in [1.807, 2.05) is 42.2 Å². The molecule has 26 heavy (non-hydrogen) atoms. The fourth-order valence-corrected chi connectivity index (χ4v) is 2.94. The second kappa shape index (κ2) is 8.17. The van der Waals surface area contributed by atoms with Gasteiger partial charge in [0.25, 0.3) is 5.91 Å². The van der Waals surface area contributed by atoms with Crippen LogP contribution in [0.25, 0.3) is 0 Å². The smallest absolute Gasteiger partial charge is 0.274 e. The number of nitrogens with zero attached hydrogens (tertiary/aromatic N) is 3. The summed E-state index contributed by atoms with van der Waals surface area (Å²) in [4.78, 5) is 23.2. The summed E-state index contributed by atoms with van der Waals surface area (Å²) in [7, 11) is 0. The zero-order valence-corrected chi connectivity index (χ0v) is 15.5. The summed E-state index contributed by atoms with van der Waals surface area (Å²) in [6.07, 6.45) is 1.55. The Hall–Kier alpha value is -2.63. The van der Waals surface area contributed by atoms with Gasteiger partial charge in [-0.3, -0.25) is 4.79 Å². The maximum absolute atomic E-state index is 12.6. The van der Waals surface area contributed by atoms with Crippen molar-refractivity contribution in [2.24, 2.45) is 0 Å². The molecule has 0 unspecified atom stereocenters. The standard InChI is InChI=1S/C19H16Cl2N4O/c1-2-25(13-7-4-3-5-8-13)19-22-12-11-16(23-19)18(26)24-17-14(20)9-6-10-15(17)21/h3-12H,2H2,1H3,(H,24,26). The first-order valence-corrected chi connectivity index (χ1v) is 8.76. The number of nitrogens with one attached hydrogen (secondary N) is 1. The monoisotopic (exact) mass is 386 g/mol. The lowest BCUT2D eigenvalue weighted by Crippen LogP contribution is -2.21. The average molecular weight is 387 g/mol. The highest BCUT2D eigenvalue weighted by Gasteiger charge is 2.16. The normalized spacial score (nSPS) is 10.4. The number of para-hydroxylation sites is 2. The molecular weight excluding hydrogens is 371 g/mol. The molecule has 0 spiro atoms. The van der Waals surface area contributed by atoms with Gasteiger partial charge in [0.2, 0.25) is 5.95 Å². The molecule has 0 radical (unpaired) electrons. The number of amides is 1. The van der Waals surface area contributed by atoms with Crippen molar-refractivity contribution in [2.75, 3.05) is 16.8 Å². The minimum absolute atomic E-state index is 0.223. The van der Waals surface area contributed by atoms with Crippen LogP contribution in [0.4, 0.5) is 17.3 Å². The predicted octanol–water partition coefficient (Wildman–Crippen LogP) is 5.19. The zero-order valence-electron chi connectivity index (χ0n) is 14.0. The van der Waals surface area contributed by atoms with Gasteiger partial charge in [-0.25, -0.2) is 9.97 Å². The van der Waals surface area contributed by atoms with Crippen molar-refractivity contribution < 1.29 is 4.79 Å². The van der Waals surface area contributed by atoms with Gasteiger partial charge in [-0.1, -0.05) is 47.5 Å². The largest absolute Gasteiger partial charge is 0.318 e. The Morgan fingerprint density at radius 1 is 1.04 bits per heavy atom. The van der Waals surface area contributed by atoms with Crippen molar-refractivity contribution in [2.45, 2.75) is 6.92 Å². The quantitative estimate of drug-likeness (QED) is 0.654. The van der Waals surface area contributed by atoms with E-state index in [1.54, 1.807) is 30.5 Å². The van der Waals surface area contributed by atoms with Crippen LogP contribution >= 0.6 is 23.2 Å². The number of carbonyl (C=O) groups excluding carboxylic acids is 1. The lowest BCUT2D eigenvalue weighted by Gasteiger charge is -2.21. The first-order valence-electron chi connectivity index (χ1n) is 8.01. The summed E-state index contributed by atoms with van der Waals surface area (Å²) in [6.45, 7) is 2.65. The molecule has 0 bridgehead atoms. The molecule has 0 aliphatic carbocycles. The van der Waals surface area contributed by atoms with E-state index in [1.165, 1.54) is 0 Å². The molecule has 0 atom stereocenters. The van der Waals surface area contributed by atoms with Crippen LogP contribution in [-0.2, 0) is 0 Å². The van der Waals surface area contributed by atoms with E-state index in [9.17, 15) is 4.79 Å². The molecule has 0 aliphatic heterocycles. The number of benzene rings is 2. The summed E-state index contributed by atoms with van der Waals surface area (Å²) in [5, 5.41) is 3.43. The SMILES string of the molecule is CCN(c1ccccc1)c1nccc(C(=O)Nc2c(Cl)cccc2Cl)n1. The van der Waals surface area contributed by atoms with Crippen molar-refractivity contribution >= 4 is 46.4 Å². The summed E-state index contributed by atoms with van der Waals surface area (Å²) in [6, 6.07) is 16.3. The van der Waals surface area contributed by atoms with Gasteiger partial charge in [-0.15, -0.1) is 0 Å². The molecule has 0 saturated heterocycles. The number of hydrogen-bond donors (Lipinski definition) is 1. The van der Waals surface area contributed by atoms with Gasteiger partial charge in [0, 0.05) is 18.4 Å². The second-order valence-electron chi connectivity index (χ2n) is 5.37. The number of aromatic nitrogens is 2. The Morgan fingerprint density at radius 3 is 2.38 bits per heavy atom. The van der Waals surface area contributed by atoms with Crippen LogP contribution in [-0.4, -0.2) is 22.4 Å². The lowest BCUT2D eigenvalue weighted by atomic mass is 10.3. The van der Waals surface area contributed by atoms with E-state index in [0.29, 0.717) is 28.2 Å². The van der Waals surface area contributed by atoms with Crippen LogP contribution in [0.15, 0.2) is 60.8 Å². The molecule has 1 amide bonds. The van der Waals surface area contributed by atoms with Crippen LogP contribution in [0.1, 0.15) is 17.4 Å². The molecule has 132 valence electrons. The van der Waals surface area contributed by atoms with Crippen LogP contribution in [0.5, 0.6) is 0 Å². The summed E-state index contributed by atoms with van der Waals surface area (Å²) in [5.41, 5.74) is 1.53. The Balaban J connectivity index is 1.88. The summed E-state index contributed by atoms with van der Waals surface area (Å²) >= 11 is 12.2. The molecule has 3 aromatic rings. The van der Waals surface area contributed by atoms with Crippen molar-refractivity contribution in [3.8, 4) is 0 Å². The van der Waals surface area contributed by atoms with Gasteiger partial charge in [0.1, 0.15) is 5.69 Å². The van der Waals surface area contributed by atoms with Crippen LogP contribution in [0, 0.1) is 0 Å². The maximum Gasteiger partial charge on any atom is 0.274 e. The van der Waals surface area contributed by atoms with E-state index >= 15 is 0 Å². The first-order chi connectivity index (χ1) is 12.6. The minimum Gasteiger partial charge on any atom is -0.318 e. The number of halogens is 2. The van der Waals surface area contributed by atoms with Gasteiger partial charge < -0.3 is 10.2 Å². The van der Waals surface area contributed by atoms with Crippen LogP contribution < -0.4 is 10.2 Å². The topological polar surface area (TPSA) is 58.1 Å². The highest BCUT2D eigenvalue weighted by Crippen LogP contribution is 2.30. The van der Waals surface area contributed by atoms with E-state index in [-0.39, 0.29) is 5.69 Å². The Labute approximate surface area is 161 Å². The first kappa shape index (κ1) is 18.2. The molecular formula is C19H16Cl2N4O. The highest BCUT2D eigenvalue weighted by molar-refractivity contribution is 6.40. The minimum atomic E-state index is -0.409. The zero-order chi connectivity index (χ0) is 18.5. The Kier molecular flexibility index (Phi) is 5.71. The molecule has 3 rings (SSSR count). The molecule has 1 aromatic heterocycles. The van der Waals surface area contributed by atoms with Crippen LogP contribution in [0.3, 0.4) is 0 Å². The third-order valence-corrected chi connectivity index (χ3v) is 4.33. The third kappa shape index (κ3) is 3.95. The number of hydrogen-bond acceptors (Lipinski definition) is 4. The van der Waals surface area contributed by atoms with Crippen molar-refractivity contribution in [3.05, 3.63) is 76.5 Å². The average Bonchev–Trinajstić information content (AvgIpc) is 2.66. The Bertz CT molecular complexity index is 898. The maximum atomic E-state index is 12.6. The van der Waals surface area contributed by atoms with Gasteiger partial charge in [-0.05, 0) is 37.3 Å². The van der Waals surface area contributed by atoms with E-state index in [0.717, 1.165) is 5.69 Å². The molecule has 0 aliphatic rings. The third-order valence-electron chi connectivity index (χ3n) is 3.70. The van der Waals surface area contributed by atoms with Gasteiger partial charge >= 0.3 is 0 Å². The molecule has 7 heteroatoms. The van der Waals surface area contributed by atoms with Crippen molar-refractivity contribution in [1.29, 1.82) is 0 Å². The lowest BCUT2D eigenvalue weighted by molar-refractivity contribution is 0.102. The number of carbonyl (C=O) groups is 1. The van der Waals surface area contributed by atoms with E-state index in [2.05, 4.69) is 15.3 Å². The number of rotatable bonds is 5. The van der Waals surface area contributed by atoms with Crippen molar-refractivity contribution in [1.82, 2.24) is 9.97 Å². The highest BCUT2D eigenvalue weighted by atomic mass is 35.5. The Morgan fingerprint density at radius 2 is 1.73 bits per heavy atom. The van der Waals surface area contributed by atoms with Crippen molar-refractivity contribution in [3.63, 3.8) is 0 Å². The predicted molar refractivity (Wildman–Crippen MR) is 106 cm³/mol.